The summed E-state index contributed by atoms with van der Waals surface area (Å²) in [7, 11) is 1.69. The van der Waals surface area contributed by atoms with Crippen LogP contribution in [0.3, 0.4) is 0 Å². The van der Waals surface area contributed by atoms with E-state index in [4.69, 9.17) is 27.9 Å². The molecule has 0 saturated carbocycles. The molecule has 2 nitrogen and oxygen atoms in total. The molecule has 3 unspecified atom stereocenters. The molecular formula is C19H17Cl2NO. The Morgan fingerprint density at radius 3 is 2.87 bits per heavy atom. The molecule has 1 aliphatic heterocycles. The van der Waals surface area contributed by atoms with Crippen molar-refractivity contribution in [2.24, 2.45) is 5.92 Å². The minimum absolute atomic E-state index is 0.188. The highest BCUT2D eigenvalue weighted by Crippen LogP contribution is 2.52. The van der Waals surface area contributed by atoms with Crippen molar-refractivity contribution in [1.29, 1.82) is 0 Å². The Morgan fingerprint density at radius 2 is 2.04 bits per heavy atom. The Bertz CT molecular complexity index is 787. The number of ether oxygens (including phenoxy) is 1. The predicted octanol–water partition coefficient (Wildman–Crippen LogP) is 5.83. The summed E-state index contributed by atoms with van der Waals surface area (Å²) in [4.78, 5) is 0. The summed E-state index contributed by atoms with van der Waals surface area (Å²) >= 11 is 12.7. The smallest absolute Gasteiger partial charge is 0.119 e. The number of hydrogen-bond acceptors (Lipinski definition) is 2. The fraction of sp³-hybridized carbons (Fsp3) is 0.263. The highest BCUT2D eigenvalue weighted by atomic mass is 35.5. The number of hydrogen-bond donors (Lipinski definition) is 1. The van der Waals surface area contributed by atoms with Crippen LogP contribution in [0.15, 0.2) is 48.6 Å². The molecule has 4 rings (SSSR count). The molecule has 3 atom stereocenters. The van der Waals surface area contributed by atoms with E-state index >= 15 is 0 Å². The molecule has 0 fully saturated rings. The maximum atomic E-state index is 6.47. The second-order valence-electron chi connectivity index (χ2n) is 6.08. The van der Waals surface area contributed by atoms with Gasteiger partial charge < -0.3 is 10.1 Å². The lowest BCUT2D eigenvalue weighted by Gasteiger charge is -2.38. The van der Waals surface area contributed by atoms with Crippen LogP contribution in [0.1, 0.15) is 29.5 Å². The molecule has 2 aromatic carbocycles. The molecule has 0 saturated heterocycles. The van der Waals surface area contributed by atoms with Crippen LogP contribution in [-0.2, 0) is 0 Å². The van der Waals surface area contributed by atoms with Crippen molar-refractivity contribution in [3.8, 4) is 5.75 Å². The van der Waals surface area contributed by atoms with Crippen LogP contribution in [0.4, 0.5) is 5.69 Å². The van der Waals surface area contributed by atoms with Gasteiger partial charge >= 0.3 is 0 Å². The summed E-state index contributed by atoms with van der Waals surface area (Å²) < 4.78 is 5.38. The number of methoxy groups -OCH3 is 1. The minimum atomic E-state index is 0.188. The lowest BCUT2D eigenvalue weighted by atomic mass is 9.77. The van der Waals surface area contributed by atoms with E-state index in [2.05, 4.69) is 35.7 Å². The van der Waals surface area contributed by atoms with E-state index in [9.17, 15) is 0 Å². The quantitative estimate of drug-likeness (QED) is 0.691. The van der Waals surface area contributed by atoms with E-state index < -0.39 is 0 Å². The molecule has 0 aromatic heterocycles. The fourth-order valence-corrected chi connectivity index (χ4v) is 4.15. The summed E-state index contributed by atoms with van der Waals surface area (Å²) in [5.41, 5.74) is 3.40. The van der Waals surface area contributed by atoms with E-state index in [-0.39, 0.29) is 6.04 Å². The average Bonchev–Trinajstić information content (AvgIpc) is 3.07. The SMILES string of the molecule is COc1cccc(C2Nc3c(ccc(Cl)c3Cl)C3C=CCC32)c1. The van der Waals surface area contributed by atoms with Gasteiger partial charge in [0.05, 0.1) is 28.9 Å². The number of anilines is 1. The number of allylic oxidation sites excluding steroid dienone is 2. The first-order valence-electron chi connectivity index (χ1n) is 7.74. The summed E-state index contributed by atoms with van der Waals surface area (Å²) in [6.45, 7) is 0. The second-order valence-corrected chi connectivity index (χ2v) is 6.86. The van der Waals surface area contributed by atoms with Gasteiger partial charge in [0.15, 0.2) is 0 Å². The van der Waals surface area contributed by atoms with Crippen LogP contribution in [0, 0.1) is 5.92 Å². The molecule has 2 aliphatic rings. The van der Waals surface area contributed by atoms with Crippen LogP contribution < -0.4 is 10.1 Å². The molecule has 0 radical (unpaired) electrons. The van der Waals surface area contributed by atoms with Gasteiger partial charge in [-0.2, -0.15) is 0 Å². The molecule has 1 heterocycles. The van der Waals surface area contributed by atoms with Crippen LogP contribution in [0.25, 0.3) is 0 Å². The Labute approximate surface area is 146 Å². The Hall–Kier alpha value is -1.64. The zero-order chi connectivity index (χ0) is 16.0. The third-order valence-corrected chi connectivity index (χ3v) is 5.68. The molecule has 1 N–H and O–H groups in total. The van der Waals surface area contributed by atoms with Crippen molar-refractivity contribution in [3.05, 3.63) is 69.7 Å². The maximum Gasteiger partial charge on any atom is 0.119 e. The topological polar surface area (TPSA) is 21.3 Å². The van der Waals surface area contributed by atoms with Gasteiger partial charge in [-0.05, 0) is 41.7 Å². The summed E-state index contributed by atoms with van der Waals surface area (Å²) in [6, 6.07) is 12.4. The first-order chi connectivity index (χ1) is 11.2. The van der Waals surface area contributed by atoms with Crippen molar-refractivity contribution in [1.82, 2.24) is 0 Å². The van der Waals surface area contributed by atoms with Gasteiger partial charge in [0, 0.05) is 5.92 Å². The van der Waals surface area contributed by atoms with E-state index in [0.29, 0.717) is 21.9 Å². The molecule has 118 valence electrons. The van der Waals surface area contributed by atoms with Gasteiger partial charge in [0.1, 0.15) is 5.75 Å². The third kappa shape index (κ3) is 2.41. The van der Waals surface area contributed by atoms with Crippen molar-refractivity contribution in [2.75, 3.05) is 12.4 Å². The summed E-state index contributed by atoms with van der Waals surface area (Å²) in [5.74, 6) is 1.72. The normalized spacial score (nSPS) is 24.7. The lowest BCUT2D eigenvalue weighted by Crippen LogP contribution is -2.29. The molecule has 0 spiro atoms. The molecule has 0 amide bonds. The van der Waals surface area contributed by atoms with Gasteiger partial charge in [-0.3, -0.25) is 0 Å². The van der Waals surface area contributed by atoms with Gasteiger partial charge in [-0.25, -0.2) is 0 Å². The molecule has 4 heteroatoms. The van der Waals surface area contributed by atoms with Gasteiger partial charge in [-0.1, -0.05) is 53.6 Å². The fourth-order valence-electron chi connectivity index (χ4n) is 3.77. The number of fused-ring (bicyclic) bond motifs is 3. The largest absolute Gasteiger partial charge is 0.497 e. The predicted molar refractivity (Wildman–Crippen MR) is 95.8 cm³/mol. The van der Waals surface area contributed by atoms with Crippen molar-refractivity contribution >= 4 is 28.9 Å². The zero-order valence-electron chi connectivity index (χ0n) is 12.7. The summed E-state index contributed by atoms with van der Waals surface area (Å²) in [5, 5.41) is 4.83. The molecule has 2 aromatic rings. The van der Waals surface area contributed by atoms with E-state index in [1.54, 1.807) is 7.11 Å². The zero-order valence-corrected chi connectivity index (χ0v) is 14.2. The highest BCUT2D eigenvalue weighted by Gasteiger charge is 2.39. The summed E-state index contributed by atoms with van der Waals surface area (Å²) in [6.07, 6.45) is 5.61. The molecule has 0 bridgehead atoms. The minimum Gasteiger partial charge on any atom is -0.497 e. The Kier molecular flexibility index (Phi) is 3.74. The van der Waals surface area contributed by atoms with E-state index in [0.717, 1.165) is 17.9 Å². The van der Waals surface area contributed by atoms with Gasteiger partial charge in [0.2, 0.25) is 0 Å². The molecule has 23 heavy (non-hydrogen) atoms. The maximum absolute atomic E-state index is 6.47. The number of rotatable bonds is 2. The molecular weight excluding hydrogens is 329 g/mol. The molecule has 1 aliphatic carbocycles. The van der Waals surface area contributed by atoms with Gasteiger partial charge in [-0.15, -0.1) is 0 Å². The standard InChI is InChI=1S/C19H17Cl2NO/c1-23-12-5-2-4-11(10-12)18-14-7-3-6-13(14)15-8-9-16(20)17(21)19(15)22-18/h2-6,8-10,13-14,18,22H,7H2,1H3. The first kappa shape index (κ1) is 14.9. The van der Waals surface area contributed by atoms with Gasteiger partial charge in [0.25, 0.3) is 0 Å². The van der Waals surface area contributed by atoms with Crippen LogP contribution in [0.2, 0.25) is 10.0 Å². The highest BCUT2D eigenvalue weighted by molar-refractivity contribution is 6.43. The number of nitrogens with one attached hydrogen (secondary N) is 1. The van der Waals surface area contributed by atoms with Crippen LogP contribution >= 0.6 is 23.2 Å². The van der Waals surface area contributed by atoms with Crippen LogP contribution in [0.5, 0.6) is 5.75 Å². The van der Waals surface area contributed by atoms with Crippen molar-refractivity contribution in [2.45, 2.75) is 18.4 Å². The van der Waals surface area contributed by atoms with Crippen molar-refractivity contribution < 1.29 is 4.74 Å². The van der Waals surface area contributed by atoms with E-state index in [1.165, 1.54) is 11.1 Å². The van der Waals surface area contributed by atoms with Crippen molar-refractivity contribution in [3.63, 3.8) is 0 Å². The van der Waals surface area contributed by atoms with E-state index in [1.807, 2.05) is 18.2 Å². The number of halogens is 2. The number of benzene rings is 2. The van der Waals surface area contributed by atoms with Crippen LogP contribution in [-0.4, -0.2) is 7.11 Å². The monoisotopic (exact) mass is 345 g/mol. The third-order valence-electron chi connectivity index (χ3n) is 4.88. The first-order valence-corrected chi connectivity index (χ1v) is 8.49. The Balaban J connectivity index is 1.82. The Morgan fingerprint density at radius 1 is 1.17 bits per heavy atom. The lowest BCUT2D eigenvalue weighted by molar-refractivity contribution is 0.406. The second kappa shape index (κ2) is 5.77. The average molecular weight is 346 g/mol.